The molecule has 2 aliphatic rings. The van der Waals surface area contributed by atoms with Crippen molar-refractivity contribution in [2.75, 3.05) is 5.32 Å². The van der Waals surface area contributed by atoms with Crippen molar-refractivity contribution in [2.45, 2.75) is 25.3 Å². The Labute approximate surface area is 165 Å². The number of hydrogen-bond acceptors (Lipinski definition) is 4. The van der Waals surface area contributed by atoms with E-state index in [9.17, 15) is 9.18 Å². The highest BCUT2D eigenvalue weighted by molar-refractivity contribution is 6.30. The van der Waals surface area contributed by atoms with Gasteiger partial charge in [0.25, 0.3) is 0 Å². The van der Waals surface area contributed by atoms with Gasteiger partial charge < -0.3 is 5.32 Å². The van der Waals surface area contributed by atoms with E-state index in [0.29, 0.717) is 28.5 Å². The van der Waals surface area contributed by atoms with Gasteiger partial charge in [0.2, 0.25) is 5.95 Å². The average molecular weight is 395 g/mol. The molecule has 5 nitrogen and oxygen atoms in total. The van der Waals surface area contributed by atoms with Gasteiger partial charge in [0.15, 0.2) is 11.6 Å². The summed E-state index contributed by atoms with van der Waals surface area (Å²) in [7, 11) is 0. The first-order valence-corrected chi connectivity index (χ1v) is 9.50. The number of nitrogens with one attached hydrogen (secondary N) is 1. The first kappa shape index (κ1) is 17.1. The maximum Gasteiger partial charge on any atom is 0.226 e. The lowest BCUT2D eigenvalue weighted by Crippen LogP contribution is -2.31. The SMILES string of the molecule is O=C1CCCC2=C1C(c1ccc(Cl)cc1)n1nc(-c3ccccc3F)nc1N2. The number of ketones is 1. The fraction of sp³-hybridized carbons (Fsp3) is 0.190. The third-order valence-electron chi connectivity index (χ3n) is 5.17. The fourth-order valence-electron chi connectivity index (χ4n) is 3.87. The number of nitrogens with zero attached hydrogens (tertiary/aromatic N) is 3. The zero-order valence-corrected chi connectivity index (χ0v) is 15.6. The monoisotopic (exact) mass is 394 g/mol. The minimum atomic E-state index is -0.413. The van der Waals surface area contributed by atoms with E-state index < -0.39 is 6.04 Å². The standard InChI is InChI=1S/C21H16ClFN4O/c22-13-10-8-12(9-11-13)19-18-16(6-3-7-17(18)28)24-21-25-20(26-27(19)21)14-4-1-2-5-15(14)23/h1-2,4-5,8-11,19H,3,6-7H2,(H,24,25,26). The van der Waals surface area contributed by atoms with E-state index in [1.54, 1.807) is 35.0 Å². The van der Waals surface area contributed by atoms with Crippen LogP contribution in [-0.2, 0) is 4.79 Å². The minimum absolute atomic E-state index is 0.0993. The molecule has 1 aliphatic heterocycles. The Morgan fingerprint density at radius 2 is 1.89 bits per heavy atom. The van der Waals surface area contributed by atoms with E-state index in [0.717, 1.165) is 24.1 Å². The summed E-state index contributed by atoms with van der Waals surface area (Å²) >= 11 is 6.05. The van der Waals surface area contributed by atoms with Crippen LogP contribution in [0.1, 0.15) is 30.9 Å². The molecule has 0 spiro atoms. The Bertz CT molecular complexity index is 1120. The largest absolute Gasteiger partial charge is 0.328 e. The van der Waals surface area contributed by atoms with Gasteiger partial charge in [0.1, 0.15) is 11.9 Å². The normalized spacial score (nSPS) is 18.5. The number of fused-ring (bicyclic) bond motifs is 1. The second-order valence-electron chi connectivity index (χ2n) is 6.93. The zero-order valence-electron chi connectivity index (χ0n) is 14.8. The second kappa shape index (κ2) is 6.56. The van der Waals surface area contributed by atoms with Crippen LogP contribution in [0.3, 0.4) is 0 Å². The third-order valence-corrected chi connectivity index (χ3v) is 5.42. The number of carbonyl (C=O) groups excluding carboxylic acids is 1. The summed E-state index contributed by atoms with van der Waals surface area (Å²) in [5.74, 6) is 0.503. The number of rotatable bonds is 2. The van der Waals surface area contributed by atoms with E-state index in [4.69, 9.17) is 11.6 Å². The summed E-state index contributed by atoms with van der Waals surface area (Å²) in [6.07, 6.45) is 2.08. The fourth-order valence-corrected chi connectivity index (χ4v) is 3.99. The van der Waals surface area contributed by atoms with Crippen molar-refractivity contribution < 1.29 is 9.18 Å². The lowest BCUT2D eigenvalue weighted by atomic mass is 9.85. The highest BCUT2D eigenvalue weighted by atomic mass is 35.5. The van der Waals surface area contributed by atoms with E-state index in [1.807, 2.05) is 12.1 Å². The average Bonchev–Trinajstić information content (AvgIpc) is 3.11. The van der Waals surface area contributed by atoms with Crippen molar-refractivity contribution in [1.82, 2.24) is 14.8 Å². The Morgan fingerprint density at radius 3 is 2.68 bits per heavy atom. The quantitative estimate of drug-likeness (QED) is 0.680. The summed E-state index contributed by atoms with van der Waals surface area (Å²) in [5, 5.41) is 8.44. The Kier molecular flexibility index (Phi) is 4.02. The van der Waals surface area contributed by atoms with Crippen molar-refractivity contribution in [3.63, 3.8) is 0 Å². The highest BCUT2D eigenvalue weighted by Gasteiger charge is 2.37. The van der Waals surface area contributed by atoms with Crippen LogP contribution >= 0.6 is 11.6 Å². The van der Waals surface area contributed by atoms with Crippen LogP contribution in [0.25, 0.3) is 11.4 Å². The first-order valence-electron chi connectivity index (χ1n) is 9.12. The highest BCUT2D eigenvalue weighted by Crippen LogP contribution is 2.40. The van der Waals surface area contributed by atoms with Gasteiger partial charge in [0, 0.05) is 22.7 Å². The summed E-state index contributed by atoms with van der Waals surface area (Å²) < 4.78 is 15.9. The molecular weight excluding hydrogens is 379 g/mol. The predicted octanol–water partition coefficient (Wildman–Crippen LogP) is 4.76. The number of aromatic nitrogens is 3. The maximum absolute atomic E-state index is 14.3. The molecule has 2 aromatic carbocycles. The van der Waals surface area contributed by atoms with Crippen LogP contribution in [0.4, 0.5) is 10.3 Å². The molecule has 1 aromatic heterocycles. The van der Waals surface area contributed by atoms with Crippen molar-refractivity contribution >= 4 is 23.3 Å². The zero-order chi connectivity index (χ0) is 19.3. The number of hydrogen-bond donors (Lipinski definition) is 1. The molecule has 0 bridgehead atoms. The van der Waals surface area contributed by atoms with Gasteiger partial charge in [-0.15, -0.1) is 5.10 Å². The van der Waals surface area contributed by atoms with Gasteiger partial charge in [-0.1, -0.05) is 35.9 Å². The molecular formula is C21H16ClFN4O. The Hall–Kier alpha value is -2.99. The van der Waals surface area contributed by atoms with Gasteiger partial charge in [-0.3, -0.25) is 4.79 Å². The van der Waals surface area contributed by atoms with Gasteiger partial charge in [-0.2, -0.15) is 4.98 Å². The molecule has 1 N–H and O–H groups in total. The molecule has 0 amide bonds. The van der Waals surface area contributed by atoms with Crippen LogP contribution in [0.15, 0.2) is 59.8 Å². The van der Waals surface area contributed by atoms with E-state index in [-0.39, 0.29) is 17.4 Å². The molecule has 2 heterocycles. The van der Waals surface area contributed by atoms with Crippen LogP contribution in [0, 0.1) is 5.82 Å². The predicted molar refractivity (Wildman–Crippen MR) is 105 cm³/mol. The Balaban J connectivity index is 1.69. The van der Waals surface area contributed by atoms with E-state index >= 15 is 0 Å². The first-order chi connectivity index (χ1) is 13.6. The van der Waals surface area contributed by atoms with Crippen molar-refractivity contribution in [2.24, 2.45) is 0 Å². The second-order valence-corrected chi connectivity index (χ2v) is 7.37. The number of anilines is 1. The van der Waals surface area contributed by atoms with Crippen molar-refractivity contribution in [3.05, 3.63) is 76.2 Å². The molecule has 5 rings (SSSR count). The molecule has 3 aromatic rings. The van der Waals surface area contributed by atoms with Gasteiger partial charge in [-0.25, -0.2) is 9.07 Å². The molecule has 0 radical (unpaired) electrons. The third kappa shape index (κ3) is 2.72. The maximum atomic E-state index is 14.3. The van der Waals surface area contributed by atoms with Crippen molar-refractivity contribution in [3.8, 4) is 11.4 Å². The summed E-state index contributed by atoms with van der Waals surface area (Å²) in [6, 6.07) is 13.3. The number of halogens is 2. The summed E-state index contributed by atoms with van der Waals surface area (Å²) in [4.78, 5) is 17.3. The van der Waals surface area contributed by atoms with Crippen LogP contribution in [0.5, 0.6) is 0 Å². The van der Waals surface area contributed by atoms with Gasteiger partial charge in [0.05, 0.1) is 5.56 Å². The minimum Gasteiger partial charge on any atom is -0.328 e. The number of benzene rings is 2. The summed E-state index contributed by atoms with van der Waals surface area (Å²) in [6.45, 7) is 0. The molecule has 28 heavy (non-hydrogen) atoms. The molecule has 140 valence electrons. The molecule has 0 saturated heterocycles. The molecule has 1 aliphatic carbocycles. The molecule has 0 saturated carbocycles. The van der Waals surface area contributed by atoms with E-state index in [1.165, 1.54) is 6.07 Å². The number of allylic oxidation sites excluding steroid dienone is 2. The van der Waals surface area contributed by atoms with E-state index in [2.05, 4.69) is 15.4 Å². The summed E-state index contributed by atoms with van der Waals surface area (Å²) in [5.41, 5.74) is 2.78. The molecule has 1 atom stereocenters. The number of carbonyl (C=O) groups is 1. The lowest BCUT2D eigenvalue weighted by molar-refractivity contribution is -0.116. The topological polar surface area (TPSA) is 59.8 Å². The smallest absolute Gasteiger partial charge is 0.226 e. The Morgan fingerprint density at radius 1 is 1.11 bits per heavy atom. The number of Topliss-reactive ketones (excluding diaryl/α,β-unsaturated/α-hetero) is 1. The van der Waals surface area contributed by atoms with Crippen LogP contribution < -0.4 is 5.32 Å². The van der Waals surface area contributed by atoms with Crippen LogP contribution in [-0.4, -0.2) is 20.5 Å². The van der Waals surface area contributed by atoms with Crippen LogP contribution in [0.2, 0.25) is 5.02 Å². The van der Waals surface area contributed by atoms with Gasteiger partial charge >= 0.3 is 0 Å². The van der Waals surface area contributed by atoms with Crippen molar-refractivity contribution in [1.29, 1.82) is 0 Å². The van der Waals surface area contributed by atoms with Gasteiger partial charge in [-0.05, 0) is 42.7 Å². The molecule has 1 unspecified atom stereocenters. The lowest BCUT2D eigenvalue weighted by Gasteiger charge is -2.32. The molecule has 7 heteroatoms. The molecule has 0 fully saturated rings.